The van der Waals surface area contributed by atoms with Gasteiger partial charge >= 0.3 is 0 Å². The van der Waals surface area contributed by atoms with E-state index in [2.05, 4.69) is 80.9 Å². The Hall–Kier alpha value is -2.19. The molecule has 0 atom stereocenters. The van der Waals surface area contributed by atoms with Gasteiger partial charge in [-0.3, -0.25) is 5.43 Å². The summed E-state index contributed by atoms with van der Waals surface area (Å²) in [5.74, 6) is 0.858. The summed E-state index contributed by atoms with van der Waals surface area (Å²) < 4.78 is 7.04. The summed E-state index contributed by atoms with van der Waals surface area (Å²) in [6.07, 6.45) is 1.74. The average molecular weight is 489 g/mol. The highest BCUT2D eigenvalue weighted by atomic mass is 127. The van der Waals surface area contributed by atoms with Gasteiger partial charge in [-0.25, -0.2) is 0 Å². The number of nitrogens with one attached hydrogen (secondary N) is 2. The minimum Gasteiger partial charge on any atom is -0.488 e. The Balaban J connectivity index is 1.61. The van der Waals surface area contributed by atoms with Crippen LogP contribution in [-0.2, 0) is 6.61 Å². The molecule has 0 aliphatic carbocycles. The molecule has 0 aromatic heterocycles. The number of nitrogens with zero attached hydrogens (tertiary/aromatic N) is 1. The van der Waals surface area contributed by atoms with Crippen molar-refractivity contribution in [3.05, 3.63) is 75.4 Å². The van der Waals surface area contributed by atoms with Crippen molar-refractivity contribution in [1.29, 1.82) is 0 Å². The highest BCUT2D eigenvalue weighted by molar-refractivity contribution is 14.1. The Morgan fingerprint density at radius 3 is 2.70 bits per heavy atom. The van der Waals surface area contributed by atoms with Crippen molar-refractivity contribution in [1.82, 2.24) is 10.7 Å². The summed E-state index contributed by atoms with van der Waals surface area (Å²) in [4.78, 5) is 0. The number of fused-ring (bicyclic) bond motifs is 1. The Kier molecular flexibility index (Phi) is 7.00. The number of hydrogen-bond acceptors (Lipinski definition) is 3. The van der Waals surface area contributed by atoms with Crippen molar-refractivity contribution >= 4 is 56.9 Å². The first-order valence-electron chi connectivity index (χ1n) is 8.62. The molecule has 0 heterocycles. The van der Waals surface area contributed by atoms with E-state index in [0.717, 1.165) is 27.0 Å². The molecule has 3 aromatic rings. The Bertz CT molecular complexity index is 975. The van der Waals surface area contributed by atoms with E-state index in [1.165, 1.54) is 10.8 Å². The molecule has 138 valence electrons. The monoisotopic (exact) mass is 489 g/mol. The zero-order valence-corrected chi connectivity index (χ0v) is 17.9. The van der Waals surface area contributed by atoms with Gasteiger partial charge in [0.2, 0.25) is 0 Å². The Labute approximate surface area is 178 Å². The lowest BCUT2D eigenvalue weighted by molar-refractivity contribution is 0.304. The lowest BCUT2D eigenvalue weighted by Crippen LogP contribution is -2.31. The van der Waals surface area contributed by atoms with Gasteiger partial charge in [0.05, 0.1) is 9.78 Å². The molecule has 0 saturated carbocycles. The standard InChI is InChI=1S/C21H20IN3OS/c1-2-23-21(27)25-24-13-15-8-10-20(19(22)12-15)26-14-16-7-9-17-5-3-4-6-18(17)11-16/h3-13H,2,14H2,1H3,(H2,23,25,27)/b24-13-. The second-order valence-corrected chi connectivity index (χ2v) is 7.46. The Morgan fingerprint density at radius 2 is 1.93 bits per heavy atom. The molecular formula is C21H20IN3OS. The fraction of sp³-hybridized carbons (Fsp3) is 0.143. The normalized spacial score (nSPS) is 10.9. The number of rotatable bonds is 6. The van der Waals surface area contributed by atoms with Crippen molar-refractivity contribution in [2.75, 3.05) is 6.54 Å². The van der Waals surface area contributed by atoms with E-state index >= 15 is 0 Å². The second-order valence-electron chi connectivity index (χ2n) is 5.89. The van der Waals surface area contributed by atoms with Crippen LogP contribution in [0.4, 0.5) is 0 Å². The molecule has 0 aliphatic rings. The van der Waals surface area contributed by atoms with E-state index in [1.54, 1.807) is 6.21 Å². The topological polar surface area (TPSA) is 45.7 Å². The molecule has 0 spiro atoms. The summed E-state index contributed by atoms with van der Waals surface area (Å²) in [5.41, 5.74) is 4.91. The van der Waals surface area contributed by atoms with Crippen molar-refractivity contribution in [3.63, 3.8) is 0 Å². The first-order valence-corrected chi connectivity index (χ1v) is 10.1. The fourth-order valence-electron chi connectivity index (χ4n) is 2.57. The third-order valence-corrected chi connectivity index (χ3v) is 4.96. The maximum atomic E-state index is 6.00. The zero-order valence-electron chi connectivity index (χ0n) is 14.9. The van der Waals surface area contributed by atoms with Crippen LogP contribution in [0.3, 0.4) is 0 Å². The summed E-state index contributed by atoms with van der Waals surface area (Å²) in [6, 6.07) is 20.7. The summed E-state index contributed by atoms with van der Waals surface area (Å²) >= 11 is 7.34. The molecule has 0 aliphatic heterocycles. The van der Waals surface area contributed by atoms with E-state index in [9.17, 15) is 0 Å². The summed E-state index contributed by atoms with van der Waals surface area (Å²) in [7, 11) is 0. The van der Waals surface area contributed by atoms with Crippen LogP contribution in [0.15, 0.2) is 65.8 Å². The van der Waals surface area contributed by atoms with Gasteiger partial charge < -0.3 is 10.1 Å². The maximum absolute atomic E-state index is 6.00. The molecule has 3 aromatic carbocycles. The van der Waals surface area contributed by atoms with E-state index in [0.29, 0.717) is 11.7 Å². The number of hydrogen-bond donors (Lipinski definition) is 2. The van der Waals surface area contributed by atoms with Crippen molar-refractivity contribution in [2.45, 2.75) is 13.5 Å². The third kappa shape index (κ3) is 5.64. The molecule has 0 amide bonds. The minimum atomic E-state index is 0.513. The minimum absolute atomic E-state index is 0.513. The number of halogens is 1. The SMILES string of the molecule is CCNC(=S)N/N=C\c1ccc(OCc2ccc3ccccc3c2)c(I)c1. The van der Waals surface area contributed by atoms with Gasteiger partial charge in [0.1, 0.15) is 12.4 Å². The summed E-state index contributed by atoms with van der Waals surface area (Å²) in [6.45, 7) is 3.28. The largest absolute Gasteiger partial charge is 0.488 e. The van der Waals surface area contributed by atoms with Gasteiger partial charge in [0.25, 0.3) is 0 Å². The molecule has 2 N–H and O–H groups in total. The van der Waals surface area contributed by atoms with Gasteiger partial charge in [-0.05, 0) is 87.9 Å². The van der Waals surface area contributed by atoms with Crippen LogP contribution in [0.5, 0.6) is 5.75 Å². The van der Waals surface area contributed by atoms with Gasteiger partial charge in [-0.1, -0.05) is 36.4 Å². The molecule has 0 saturated heterocycles. The number of thiocarbonyl (C=S) groups is 1. The predicted octanol–water partition coefficient (Wildman–Crippen LogP) is 4.84. The van der Waals surface area contributed by atoms with Crippen molar-refractivity contribution in [2.24, 2.45) is 5.10 Å². The lowest BCUT2D eigenvalue weighted by atomic mass is 10.1. The molecule has 0 radical (unpaired) electrons. The predicted molar refractivity (Wildman–Crippen MR) is 124 cm³/mol. The number of hydrazone groups is 1. The molecule has 0 unspecified atom stereocenters. The van der Waals surface area contributed by atoms with E-state index in [-0.39, 0.29) is 0 Å². The highest BCUT2D eigenvalue weighted by Crippen LogP contribution is 2.23. The molecule has 0 fully saturated rings. The first kappa shape index (κ1) is 19.6. The van der Waals surface area contributed by atoms with E-state index < -0.39 is 0 Å². The first-order chi connectivity index (χ1) is 13.2. The van der Waals surface area contributed by atoms with Crippen LogP contribution in [0.2, 0.25) is 0 Å². The van der Waals surface area contributed by atoms with Gasteiger partial charge in [-0.15, -0.1) is 0 Å². The van der Waals surface area contributed by atoms with Crippen molar-refractivity contribution in [3.8, 4) is 5.75 Å². The number of ether oxygens (including phenoxy) is 1. The maximum Gasteiger partial charge on any atom is 0.186 e. The lowest BCUT2D eigenvalue weighted by Gasteiger charge is -2.10. The van der Waals surface area contributed by atoms with Gasteiger partial charge in [0, 0.05) is 6.54 Å². The Morgan fingerprint density at radius 1 is 1.11 bits per heavy atom. The van der Waals surface area contributed by atoms with Crippen LogP contribution in [0.1, 0.15) is 18.1 Å². The molecule has 3 rings (SSSR count). The molecule has 6 heteroatoms. The van der Waals surface area contributed by atoms with E-state index in [1.807, 2.05) is 25.1 Å². The van der Waals surface area contributed by atoms with E-state index in [4.69, 9.17) is 17.0 Å². The van der Waals surface area contributed by atoms with Gasteiger partial charge in [-0.2, -0.15) is 5.10 Å². The number of benzene rings is 3. The van der Waals surface area contributed by atoms with Crippen LogP contribution < -0.4 is 15.5 Å². The molecule has 4 nitrogen and oxygen atoms in total. The molecular weight excluding hydrogens is 469 g/mol. The fourth-order valence-corrected chi connectivity index (χ4v) is 3.46. The highest BCUT2D eigenvalue weighted by Gasteiger charge is 2.03. The van der Waals surface area contributed by atoms with Crippen LogP contribution in [0, 0.1) is 3.57 Å². The van der Waals surface area contributed by atoms with Gasteiger partial charge in [0.15, 0.2) is 5.11 Å². The van der Waals surface area contributed by atoms with Crippen LogP contribution >= 0.6 is 34.8 Å². The third-order valence-electron chi connectivity index (χ3n) is 3.88. The van der Waals surface area contributed by atoms with Crippen LogP contribution in [0.25, 0.3) is 10.8 Å². The summed E-state index contributed by atoms with van der Waals surface area (Å²) in [5, 5.41) is 10.1. The molecule has 0 bridgehead atoms. The average Bonchev–Trinajstić information content (AvgIpc) is 2.67. The second kappa shape index (κ2) is 9.66. The van der Waals surface area contributed by atoms with Crippen LogP contribution in [-0.4, -0.2) is 17.9 Å². The molecule has 27 heavy (non-hydrogen) atoms. The quantitative estimate of drug-likeness (QED) is 0.225. The zero-order chi connectivity index (χ0) is 19.1. The smallest absolute Gasteiger partial charge is 0.186 e. The van der Waals surface area contributed by atoms with Crippen molar-refractivity contribution < 1.29 is 4.74 Å².